The van der Waals surface area contributed by atoms with Crippen LogP contribution in [0.25, 0.3) is 0 Å². The molecular formula is C7H12N4O3S2. The molecule has 7 nitrogen and oxygen atoms in total. The van der Waals surface area contributed by atoms with Crippen LogP contribution in [-0.2, 0) is 14.8 Å². The van der Waals surface area contributed by atoms with E-state index in [9.17, 15) is 13.2 Å². The highest BCUT2D eigenvalue weighted by atomic mass is 32.2. The molecule has 0 bridgehead atoms. The zero-order valence-electron chi connectivity index (χ0n) is 8.85. The molecule has 16 heavy (non-hydrogen) atoms. The van der Waals surface area contributed by atoms with Crippen molar-refractivity contribution in [3.05, 3.63) is 0 Å². The van der Waals surface area contributed by atoms with Gasteiger partial charge in [0.1, 0.15) is 0 Å². The molecule has 0 aliphatic carbocycles. The van der Waals surface area contributed by atoms with Crippen molar-refractivity contribution in [2.45, 2.75) is 24.6 Å². The molecule has 0 saturated carbocycles. The van der Waals surface area contributed by atoms with Gasteiger partial charge in [0, 0.05) is 13.5 Å². The van der Waals surface area contributed by atoms with Crippen LogP contribution in [0.5, 0.6) is 0 Å². The molecule has 0 spiro atoms. The Morgan fingerprint density at radius 2 is 2.12 bits per heavy atom. The first kappa shape index (κ1) is 13.0. The lowest BCUT2D eigenvalue weighted by molar-refractivity contribution is -0.114. The van der Waals surface area contributed by atoms with Crippen molar-refractivity contribution in [3.8, 4) is 0 Å². The molecular weight excluding hydrogens is 252 g/mol. The lowest BCUT2D eigenvalue weighted by Gasteiger charge is -1.99. The van der Waals surface area contributed by atoms with E-state index in [0.29, 0.717) is 13.0 Å². The van der Waals surface area contributed by atoms with Crippen LogP contribution >= 0.6 is 11.3 Å². The van der Waals surface area contributed by atoms with Gasteiger partial charge in [0.2, 0.25) is 15.4 Å². The maximum absolute atomic E-state index is 11.6. The number of aromatic nitrogens is 2. The van der Waals surface area contributed by atoms with Crippen LogP contribution in [0, 0.1) is 0 Å². The van der Waals surface area contributed by atoms with Crippen molar-refractivity contribution in [3.63, 3.8) is 0 Å². The topological polar surface area (TPSA) is 101 Å². The van der Waals surface area contributed by atoms with E-state index in [-0.39, 0.29) is 15.4 Å². The fourth-order valence-electron chi connectivity index (χ4n) is 0.818. The third-order valence-electron chi connectivity index (χ3n) is 1.46. The Balaban J connectivity index is 2.80. The minimum Gasteiger partial charge on any atom is -0.301 e. The first-order valence-electron chi connectivity index (χ1n) is 4.56. The number of carbonyl (C=O) groups is 1. The molecule has 0 aliphatic rings. The van der Waals surface area contributed by atoms with Gasteiger partial charge < -0.3 is 5.32 Å². The second-order valence-corrected chi connectivity index (χ2v) is 5.87. The van der Waals surface area contributed by atoms with Crippen LogP contribution in [0.4, 0.5) is 5.13 Å². The summed E-state index contributed by atoms with van der Waals surface area (Å²) in [6, 6.07) is 0. The predicted octanol–water partition coefficient (Wildman–Crippen LogP) is 0.185. The molecule has 1 aromatic heterocycles. The third kappa shape index (κ3) is 3.51. The summed E-state index contributed by atoms with van der Waals surface area (Å²) in [4.78, 5) is 10.7. The highest BCUT2D eigenvalue weighted by molar-refractivity contribution is 7.91. The summed E-state index contributed by atoms with van der Waals surface area (Å²) in [5.74, 6) is -0.318. The first-order valence-corrected chi connectivity index (χ1v) is 6.86. The molecule has 1 heterocycles. The largest absolute Gasteiger partial charge is 0.301 e. The maximum Gasteiger partial charge on any atom is 0.269 e. The van der Waals surface area contributed by atoms with Crippen molar-refractivity contribution in [2.75, 3.05) is 11.9 Å². The van der Waals surface area contributed by atoms with Gasteiger partial charge in [0.25, 0.3) is 10.0 Å². The second kappa shape index (κ2) is 5.32. The zero-order chi connectivity index (χ0) is 12.2. The van der Waals surface area contributed by atoms with Crippen molar-refractivity contribution in [2.24, 2.45) is 0 Å². The van der Waals surface area contributed by atoms with Gasteiger partial charge in [-0.3, -0.25) is 4.79 Å². The van der Waals surface area contributed by atoms with Gasteiger partial charge in [-0.05, 0) is 6.42 Å². The van der Waals surface area contributed by atoms with E-state index in [1.165, 1.54) is 6.92 Å². The predicted molar refractivity (Wildman–Crippen MR) is 59.7 cm³/mol. The normalized spacial score (nSPS) is 11.4. The number of hydrogen-bond donors (Lipinski definition) is 2. The summed E-state index contributed by atoms with van der Waals surface area (Å²) in [6.07, 6.45) is 0.691. The van der Waals surface area contributed by atoms with Gasteiger partial charge >= 0.3 is 0 Å². The van der Waals surface area contributed by atoms with Gasteiger partial charge in [-0.15, -0.1) is 10.2 Å². The molecule has 0 aliphatic heterocycles. The van der Waals surface area contributed by atoms with Gasteiger partial charge in [-0.25, -0.2) is 13.1 Å². The highest BCUT2D eigenvalue weighted by Gasteiger charge is 2.19. The van der Waals surface area contributed by atoms with Crippen molar-refractivity contribution >= 4 is 32.4 Å². The summed E-state index contributed by atoms with van der Waals surface area (Å²) in [6.45, 7) is 3.51. The van der Waals surface area contributed by atoms with Gasteiger partial charge in [0.05, 0.1) is 0 Å². The molecule has 1 rings (SSSR count). The molecule has 0 unspecified atom stereocenters. The lowest BCUT2D eigenvalue weighted by Crippen LogP contribution is -2.24. The zero-order valence-corrected chi connectivity index (χ0v) is 10.5. The molecule has 1 amide bonds. The Hall–Kier alpha value is -1.06. The Labute approximate surface area is 97.3 Å². The number of rotatable bonds is 5. The second-order valence-electron chi connectivity index (χ2n) is 2.95. The third-order valence-corrected chi connectivity index (χ3v) is 4.13. The number of nitrogens with zero attached hydrogens (tertiary/aromatic N) is 2. The molecule has 0 aromatic carbocycles. The lowest BCUT2D eigenvalue weighted by atomic mass is 10.5. The quantitative estimate of drug-likeness (QED) is 0.739. The molecule has 90 valence electrons. The van der Waals surface area contributed by atoms with E-state index < -0.39 is 10.0 Å². The van der Waals surface area contributed by atoms with Crippen LogP contribution in [0.15, 0.2) is 4.34 Å². The summed E-state index contributed by atoms with van der Waals surface area (Å²) in [7, 11) is -3.59. The Morgan fingerprint density at radius 1 is 1.44 bits per heavy atom. The van der Waals surface area contributed by atoms with E-state index in [4.69, 9.17) is 0 Å². The molecule has 0 saturated heterocycles. The first-order chi connectivity index (χ1) is 7.45. The standard InChI is InChI=1S/C7H12N4O3S2/c1-3-4-8-16(13,14)7-11-10-6(15-7)9-5(2)12/h8H,3-4H2,1-2H3,(H,9,10,12). The van der Waals surface area contributed by atoms with E-state index >= 15 is 0 Å². The SMILES string of the molecule is CCCNS(=O)(=O)c1nnc(NC(C)=O)s1. The molecule has 0 atom stereocenters. The van der Waals surface area contributed by atoms with Crippen LogP contribution < -0.4 is 10.0 Å². The van der Waals surface area contributed by atoms with Gasteiger partial charge in [0.15, 0.2) is 0 Å². The number of amides is 1. The Kier molecular flexibility index (Phi) is 4.33. The average molecular weight is 264 g/mol. The fourth-order valence-corrected chi connectivity index (χ4v) is 2.94. The summed E-state index contributed by atoms with van der Waals surface area (Å²) in [5.41, 5.74) is 0. The van der Waals surface area contributed by atoms with Crippen molar-refractivity contribution < 1.29 is 13.2 Å². The Bertz CT molecular complexity index is 468. The molecule has 0 radical (unpaired) electrons. The van der Waals surface area contributed by atoms with E-state index in [2.05, 4.69) is 20.2 Å². The fraction of sp³-hybridized carbons (Fsp3) is 0.571. The summed E-state index contributed by atoms with van der Waals surface area (Å²) >= 11 is 0.814. The number of sulfonamides is 1. The monoisotopic (exact) mass is 264 g/mol. The number of anilines is 1. The number of carbonyl (C=O) groups excluding carboxylic acids is 1. The molecule has 1 aromatic rings. The smallest absolute Gasteiger partial charge is 0.269 e. The van der Waals surface area contributed by atoms with Crippen LogP contribution in [-0.4, -0.2) is 31.1 Å². The summed E-state index contributed by atoms with van der Waals surface area (Å²) < 4.78 is 25.4. The van der Waals surface area contributed by atoms with E-state index in [1.54, 1.807) is 0 Å². The molecule has 0 fully saturated rings. The minimum absolute atomic E-state index is 0.148. The van der Waals surface area contributed by atoms with E-state index in [0.717, 1.165) is 11.3 Å². The summed E-state index contributed by atoms with van der Waals surface area (Å²) in [5, 5.41) is 9.58. The Morgan fingerprint density at radius 3 is 2.69 bits per heavy atom. The number of nitrogens with one attached hydrogen (secondary N) is 2. The minimum atomic E-state index is -3.59. The van der Waals surface area contributed by atoms with Gasteiger partial charge in [-0.2, -0.15) is 0 Å². The molecule has 9 heteroatoms. The maximum atomic E-state index is 11.6. The highest BCUT2D eigenvalue weighted by Crippen LogP contribution is 2.19. The number of hydrogen-bond acceptors (Lipinski definition) is 6. The average Bonchev–Trinajstić information content (AvgIpc) is 2.63. The van der Waals surface area contributed by atoms with Crippen molar-refractivity contribution in [1.82, 2.24) is 14.9 Å². The van der Waals surface area contributed by atoms with Crippen LogP contribution in [0.2, 0.25) is 0 Å². The van der Waals surface area contributed by atoms with Crippen molar-refractivity contribution in [1.29, 1.82) is 0 Å². The van der Waals surface area contributed by atoms with Gasteiger partial charge in [-0.1, -0.05) is 18.3 Å². The van der Waals surface area contributed by atoms with Crippen LogP contribution in [0.1, 0.15) is 20.3 Å². The van der Waals surface area contributed by atoms with E-state index in [1.807, 2.05) is 6.92 Å². The van der Waals surface area contributed by atoms with Crippen LogP contribution in [0.3, 0.4) is 0 Å². The molecule has 2 N–H and O–H groups in total.